The molecule has 0 unspecified atom stereocenters. The molecular weight excluding hydrogens is 257 g/mol. The summed E-state index contributed by atoms with van der Waals surface area (Å²) in [5.74, 6) is 0.826. The number of ether oxygens (including phenoxy) is 1. The third-order valence-corrected chi connectivity index (χ3v) is 3.27. The Bertz CT molecular complexity index is 767. The molecule has 0 spiro atoms. The summed E-state index contributed by atoms with van der Waals surface area (Å²) in [5, 5.41) is 0. The molecule has 0 atom stereocenters. The number of halogens is 1. The average molecular weight is 271 g/mol. The first-order chi connectivity index (χ1) is 9.69. The van der Waals surface area contributed by atoms with Gasteiger partial charge >= 0.3 is 0 Å². The zero-order chi connectivity index (χ0) is 14.1. The first kappa shape index (κ1) is 12.5. The van der Waals surface area contributed by atoms with Crippen molar-refractivity contribution in [2.45, 2.75) is 6.54 Å². The van der Waals surface area contributed by atoms with E-state index in [1.165, 1.54) is 6.07 Å². The fraction of sp³-hybridized carbons (Fsp3) is 0.133. The Morgan fingerprint density at radius 3 is 2.80 bits per heavy atom. The Labute approximate surface area is 115 Å². The highest BCUT2D eigenvalue weighted by Gasteiger charge is 2.11. The van der Waals surface area contributed by atoms with Crippen LogP contribution in [0.4, 0.5) is 10.3 Å². The van der Waals surface area contributed by atoms with Gasteiger partial charge < -0.3 is 15.0 Å². The summed E-state index contributed by atoms with van der Waals surface area (Å²) >= 11 is 0. The van der Waals surface area contributed by atoms with Crippen molar-refractivity contribution < 1.29 is 9.13 Å². The van der Waals surface area contributed by atoms with Crippen LogP contribution >= 0.6 is 0 Å². The second-order valence-electron chi connectivity index (χ2n) is 4.50. The molecule has 0 saturated carbocycles. The molecule has 0 bridgehead atoms. The van der Waals surface area contributed by atoms with Crippen LogP contribution in [0.2, 0.25) is 0 Å². The second kappa shape index (κ2) is 4.85. The first-order valence-corrected chi connectivity index (χ1v) is 6.22. The van der Waals surface area contributed by atoms with Crippen molar-refractivity contribution in [2.24, 2.45) is 0 Å². The number of hydrogen-bond acceptors (Lipinski definition) is 3. The summed E-state index contributed by atoms with van der Waals surface area (Å²) < 4.78 is 20.7. The van der Waals surface area contributed by atoms with Crippen molar-refractivity contribution >= 4 is 17.0 Å². The van der Waals surface area contributed by atoms with Gasteiger partial charge in [-0.25, -0.2) is 9.37 Å². The number of rotatable bonds is 3. The summed E-state index contributed by atoms with van der Waals surface area (Å²) in [6, 6.07) is 12.2. The maximum absolute atomic E-state index is 13.7. The van der Waals surface area contributed by atoms with Gasteiger partial charge in [-0.2, -0.15) is 0 Å². The molecule has 3 rings (SSSR count). The van der Waals surface area contributed by atoms with Crippen molar-refractivity contribution in [3.63, 3.8) is 0 Å². The van der Waals surface area contributed by atoms with E-state index in [4.69, 9.17) is 10.5 Å². The molecule has 0 aliphatic carbocycles. The summed E-state index contributed by atoms with van der Waals surface area (Å²) in [7, 11) is 1.60. The lowest BCUT2D eigenvalue weighted by atomic mass is 10.2. The minimum Gasteiger partial charge on any atom is -0.497 e. The fourth-order valence-corrected chi connectivity index (χ4v) is 2.22. The number of hydrogen-bond donors (Lipinski definition) is 1. The topological polar surface area (TPSA) is 53.1 Å². The number of nitrogens with two attached hydrogens (primary N) is 1. The molecule has 0 aliphatic heterocycles. The Morgan fingerprint density at radius 2 is 2.05 bits per heavy atom. The maximum Gasteiger partial charge on any atom is 0.201 e. The molecule has 2 aromatic carbocycles. The summed E-state index contributed by atoms with van der Waals surface area (Å²) in [6.07, 6.45) is 0. The minimum atomic E-state index is -0.248. The van der Waals surface area contributed by atoms with E-state index in [1.54, 1.807) is 29.9 Å². The third kappa shape index (κ3) is 2.07. The van der Waals surface area contributed by atoms with E-state index in [9.17, 15) is 4.39 Å². The number of aromatic nitrogens is 2. The lowest BCUT2D eigenvalue weighted by Gasteiger charge is -2.07. The zero-order valence-electron chi connectivity index (χ0n) is 11.0. The number of methoxy groups -OCH3 is 1. The molecule has 0 amide bonds. The summed E-state index contributed by atoms with van der Waals surface area (Å²) in [5.41, 5.74) is 8.10. The summed E-state index contributed by atoms with van der Waals surface area (Å²) in [6.45, 7) is 0.349. The van der Waals surface area contributed by atoms with Crippen LogP contribution in [0.1, 0.15) is 5.56 Å². The van der Waals surface area contributed by atoms with E-state index in [0.29, 0.717) is 23.8 Å². The predicted molar refractivity (Wildman–Crippen MR) is 76.2 cm³/mol. The molecule has 0 fully saturated rings. The fourth-order valence-electron chi connectivity index (χ4n) is 2.22. The Balaban J connectivity index is 2.07. The highest BCUT2D eigenvalue weighted by Crippen LogP contribution is 2.24. The van der Waals surface area contributed by atoms with E-state index in [1.807, 2.05) is 18.2 Å². The van der Waals surface area contributed by atoms with Crippen molar-refractivity contribution in [1.82, 2.24) is 9.55 Å². The van der Waals surface area contributed by atoms with Crippen LogP contribution in [-0.2, 0) is 6.54 Å². The number of anilines is 1. The normalized spacial score (nSPS) is 10.9. The van der Waals surface area contributed by atoms with Gasteiger partial charge in [0, 0.05) is 11.6 Å². The van der Waals surface area contributed by atoms with Crippen molar-refractivity contribution in [2.75, 3.05) is 12.8 Å². The minimum absolute atomic E-state index is 0.248. The van der Waals surface area contributed by atoms with Gasteiger partial charge in [0.1, 0.15) is 11.6 Å². The molecule has 2 N–H and O–H groups in total. The van der Waals surface area contributed by atoms with Crippen LogP contribution in [0.5, 0.6) is 5.75 Å². The molecule has 1 heterocycles. The van der Waals surface area contributed by atoms with Gasteiger partial charge in [0.15, 0.2) is 0 Å². The Kier molecular flexibility index (Phi) is 3.02. The van der Waals surface area contributed by atoms with Gasteiger partial charge in [0.25, 0.3) is 0 Å². The van der Waals surface area contributed by atoms with Gasteiger partial charge in [-0.1, -0.05) is 18.2 Å². The predicted octanol–water partition coefficient (Wildman–Crippen LogP) is 2.81. The van der Waals surface area contributed by atoms with Crippen molar-refractivity contribution in [3.05, 3.63) is 53.8 Å². The SMILES string of the molecule is COc1ccc2c(c1)nc(N)n2Cc1ccccc1F. The highest BCUT2D eigenvalue weighted by molar-refractivity contribution is 5.80. The van der Waals surface area contributed by atoms with Crippen LogP contribution in [-0.4, -0.2) is 16.7 Å². The quantitative estimate of drug-likeness (QED) is 0.797. The molecule has 0 aliphatic rings. The van der Waals surface area contributed by atoms with E-state index in [0.717, 1.165) is 11.0 Å². The van der Waals surface area contributed by atoms with Gasteiger partial charge in [-0.15, -0.1) is 0 Å². The van der Waals surface area contributed by atoms with Crippen LogP contribution in [0.25, 0.3) is 11.0 Å². The van der Waals surface area contributed by atoms with Crippen molar-refractivity contribution in [1.29, 1.82) is 0 Å². The van der Waals surface area contributed by atoms with Crippen LogP contribution < -0.4 is 10.5 Å². The third-order valence-electron chi connectivity index (χ3n) is 3.27. The second-order valence-corrected chi connectivity index (χ2v) is 4.50. The molecular formula is C15H14FN3O. The van der Waals surface area contributed by atoms with E-state index in [2.05, 4.69) is 4.98 Å². The lowest BCUT2D eigenvalue weighted by Crippen LogP contribution is -2.05. The van der Waals surface area contributed by atoms with Gasteiger partial charge in [0.05, 0.1) is 24.7 Å². The first-order valence-electron chi connectivity index (χ1n) is 6.22. The zero-order valence-corrected chi connectivity index (χ0v) is 11.0. The highest BCUT2D eigenvalue weighted by atomic mass is 19.1. The molecule has 20 heavy (non-hydrogen) atoms. The molecule has 0 saturated heterocycles. The van der Waals surface area contributed by atoms with Crippen molar-refractivity contribution in [3.8, 4) is 5.75 Å². The lowest BCUT2D eigenvalue weighted by molar-refractivity contribution is 0.415. The van der Waals surface area contributed by atoms with Crippen LogP contribution in [0.15, 0.2) is 42.5 Å². The van der Waals surface area contributed by atoms with Crippen LogP contribution in [0.3, 0.4) is 0 Å². The van der Waals surface area contributed by atoms with E-state index < -0.39 is 0 Å². The van der Waals surface area contributed by atoms with Gasteiger partial charge in [-0.05, 0) is 18.2 Å². The average Bonchev–Trinajstić information content (AvgIpc) is 2.76. The van der Waals surface area contributed by atoms with E-state index in [-0.39, 0.29) is 5.82 Å². The Morgan fingerprint density at radius 1 is 1.25 bits per heavy atom. The van der Waals surface area contributed by atoms with Crippen LogP contribution in [0, 0.1) is 5.82 Å². The number of nitrogens with zero attached hydrogens (tertiary/aromatic N) is 2. The van der Waals surface area contributed by atoms with Gasteiger partial charge in [0.2, 0.25) is 5.95 Å². The molecule has 0 radical (unpaired) electrons. The largest absolute Gasteiger partial charge is 0.497 e. The molecule has 5 heteroatoms. The van der Waals surface area contributed by atoms with E-state index >= 15 is 0 Å². The number of fused-ring (bicyclic) bond motifs is 1. The Hall–Kier alpha value is -2.56. The molecule has 4 nitrogen and oxygen atoms in total. The van der Waals surface area contributed by atoms with Gasteiger partial charge in [-0.3, -0.25) is 0 Å². The molecule has 102 valence electrons. The monoisotopic (exact) mass is 271 g/mol. The number of nitrogen functional groups attached to an aromatic ring is 1. The molecule has 1 aromatic heterocycles. The smallest absolute Gasteiger partial charge is 0.201 e. The summed E-state index contributed by atoms with van der Waals surface area (Å²) in [4.78, 5) is 4.29. The standard InChI is InChI=1S/C15H14FN3O/c1-20-11-6-7-14-13(8-11)18-15(17)19(14)9-10-4-2-3-5-12(10)16/h2-8H,9H2,1H3,(H2,17,18). The number of imidazole rings is 1. The number of benzene rings is 2. The maximum atomic E-state index is 13.7. The molecule has 3 aromatic rings.